The second kappa shape index (κ2) is 12.9. The number of carboxylic acid groups (broad SMARTS) is 1. The van der Waals surface area contributed by atoms with Crippen LogP contribution in [0.5, 0.6) is 0 Å². The first kappa shape index (κ1) is 25.4. The van der Waals surface area contributed by atoms with Gasteiger partial charge in [0.25, 0.3) is 0 Å². The van der Waals surface area contributed by atoms with Crippen LogP contribution in [0.1, 0.15) is 64.0 Å². The lowest BCUT2D eigenvalue weighted by Crippen LogP contribution is -2.25. The van der Waals surface area contributed by atoms with Gasteiger partial charge in [0.2, 0.25) is 5.91 Å². The van der Waals surface area contributed by atoms with Crippen molar-refractivity contribution < 1.29 is 14.7 Å². The third kappa shape index (κ3) is 7.40. The molecule has 0 spiro atoms. The van der Waals surface area contributed by atoms with Crippen LogP contribution in [0.3, 0.4) is 0 Å². The number of carbonyl (C=O) groups is 2. The van der Waals surface area contributed by atoms with E-state index in [9.17, 15) is 9.59 Å². The molecule has 0 saturated carbocycles. The van der Waals surface area contributed by atoms with Crippen LogP contribution in [0.2, 0.25) is 0 Å². The zero-order valence-corrected chi connectivity index (χ0v) is 20.1. The fraction of sp³-hybridized carbons (Fsp3) is 0.481. The molecule has 0 aliphatic rings. The molecule has 0 radical (unpaired) electrons. The Bertz CT molecular complexity index is 890. The highest BCUT2D eigenvalue weighted by molar-refractivity contribution is 5.80. The van der Waals surface area contributed by atoms with Gasteiger partial charge >= 0.3 is 5.97 Å². The SMILES string of the molecule is CCCCCC(=O)N(C)Cc1cccc(-c2ccc(CCC(=O)O)cc2N(CC)CC)c1. The molecule has 0 saturated heterocycles. The number of aryl methyl sites for hydroxylation is 1. The summed E-state index contributed by atoms with van der Waals surface area (Å²) in [6.07, 6.45) is 4.41. The van der Waals surface area contributed by atoms with E-state index >= 15 is 0 Å². The van der Waals surface area contributed by atoms with Crippen molar-refractivity contribution in [3.8, 4) is 11.1 Å². The first-order valence-electron chi connectivity index (χ1n) is 11.8. The van der Waals surface area contributed by atoms with Crippen molar-refractivity contribution in [1.29, 1.82) is 0 Å². The highest BCUT2D eigenvalue weighted by atomic mass is 16.4. The number of hydrogen-bond donors (Lipinski definition) is 1. The Kier molecular flexibility index (Phi) is 10.3. The van der Waals surface area contributed by atoms with Gasteiger partial charge < -0.3 is 14.9 Å². The van der Waals surface area contributed by atoms with Crippen LogP contribution in [0.15, 0.2) is 42.5 Å². The highest BCUT2D eigenvalue weighted by Crippen LogP contribution is 2.33. The largest absolute Gasteiger partial charge is 0.481 e. The van der Waals surface area contributed by atoms with Crippen LogP contribution in [0.4, 0.5) is 5.69 Å². The number of hydrogen-bond acceptors (Lipinski definition) is 3. The Morgan fingerprint density at radius 2 is 1.66 bits per heavy atom. The van der Waals surface area contributed by atoms with Crippen LogP contribution in [0, 0.1) is 0 Å². The Hall–Kier alpha value is -2.82. The number of amides is 1. The summed E-state index contributed by atoms with van der Waals surface area (Å²) in [5.74, 6) is -0.588. The molecule has 5 nitrogen and oxygen atoms in total. The van der Waals surface area contributed by atoms with Gasteiger partial charge in [0.15, 0.2) is 0 Å². The Labute approximate surface area is 193 Å². The highest BCUT2D eigenvalue weighted by Gasteiger charge is 2.14. The molecule has 0 aliphatic heterocycles. The van der Waals surface area contributed by atoms with E-state index in [0.29, 0.717) is 19.4 Å². The van der Waals surface area contributed by atoms with E-state index in [1.165, 1.54) is 0 Å². The van der Waals surface area contributed by atoms with Crippen molar-refractivity contribution in [3.05, 3.63) is 53.6 Å². The standard InChI is InChI=1S/C27H38N2O3/c1-5-8-9-13-26(30)28(4)20-22-11-10-12-23(18-22)24-16-14-21(15-17-27(31)32)19-25(24)29(6-2)7-3/h10-12,14,16,18-19H,5-9,13,15,17,20H2,1-4H3,(H,31,32). The maximum absolute atomic E-state index is 12.4. The van der Waals surface area contributed by atoms with Crippen LogP contribution in [-0.2, 0) is 22.6 Å². The van der Waals surface area contributed by atoms with E-state index in [-0.39, 0.29) is 12.3 Å². The molecule has 2 aromatic rings. The number of unbranched alkanes of at least 4 members (excludes halogenated alkanes) is 2. The number of anilines is 1. The number of rotatable bonds is 13. The van der Waals surface area contributed by atoms with Crippen molar-refractivity contribution in [3.63, 3.8) is 0 Å². The number of aliphatic carboxylic acids is 1. The zero-order valence-electron chi connectivity index (χ0n) is 20.1. The minimum absolute atomic E-state index is 0.130. The van der Waals surface area contributed by atoms with Crippen molar-refractivity contribution in [1.82, 2.24) is 4.90 Å². The van der Waals surface area contributed by atoms with Gasteiger partial charge in [-0.05, 0) is 55.5 Å². The van der Waals surface area contributed by atoms with Gasteiger partial charge in [-0.25, -0.2) is 0 Å². The van der Waals surface area contributed by atoms with Crippen LogP contribution in [0.25, 0.3) is 11.1 Å². The van der Waals surface area contributed by atoms with Gasteiger partial charge in [-0.3, -0.25) is 9.59 Å². The average molecular weight is 439 g/mol. The fourth-order valence-electron chi connectivity index (χ4n) is 3.97. The minimum Gasteiger partial charge on any atom is -0.481 e. The van der Waals surface area contributed by atoms with Gasteiger partial charge in [-0.2, -0.15) is 0 Å². The third-order valence-electron chi connectivity index (χ3n) is 5.87. The molecule has 32 heavy (non-hydrogen) atoms. The summed E-state index contributed by atoms with van der Waals surface area (Å²) in [5.41, 5.74) is 5.51. The van der Waals surface area contributed by atoms with E-state index in [1.54, 1.807) is 0 Å². The molecule has 0 atom stereocenters. The van der Waals surface area contributed by atoms with Crippen LogP contribution >= 0.6 is 0 Å². The summed E-state index contributed by atoms with van der Waals surface area (Å²) in [7, 11) is 1.87. The van der Waals surface area contributed by atoms with Crippen LogP contribution < -0.4 is 4.90 Å². The molecular weight excluding hydrogens is 400 g/mol. The van der Waals surface area contributed by atoms with E-state index in [0.717, 1.165) is 60.3 Å². The number of carboxylic acids is 1. The van der Waals surface area contributed by atoms with Crippen molar-refractivity contribution >= 4 is 17.6 Å². The lowest BCUT2D eigenvalue weighted by atomic mass is 9.97. The molecule has 5 heteroatoms. The van der Waals surface area contributed by atoms with Gasteiger partial charge in [0.1, 0.15) is 0 Å². The summed E-state index contributed by atoms with van der Waals surface area (Å²) in [5, 5.41) is 9.04. The average Bonchev–Trinajstić information content (AvgIpc) is 2.79. The second-order valence-corrected chi connectivity index (χ2v) is 8.32. The smallest absolute Gasteiger partial charge is 0.303 e. The second-order valence-electron chi connectivity index (χ2n) is 8.32. The molecule has 1 amide bonds. The van der Waals surface area contributed by atoms with E-state index < -0.39 is 5.97 Å². The molecule has 2 rings (SSSR count). The maximum atomic E-state index is 12.4. The zero-order chi connectivity index (χ0) is 23.5. The molecule has 0 aliphatic carbocycles. The lowest BCUT2D eigenvalue weighted by Gasteiger charge is -2.25. The summed E-state index contributed by atoms with van der Waals surface area (Å²) in [6.45, 7) is 8.75. The van der Waals surface area contributed by atoms with E-state index in [2.05, 4.69) is 56.0 Å². The Balaban J connectivity index is 2.28. The topological polar surface area (TPSA) is 60.9 Å². The van der Waals surface area contributed by atoms with Gasteiger partial charge in [0, 0.05) is 50.8 Å². The molecule has 174 valence electrons. The van der Waals surface area contributed by atoms with Gasteiger partial charge in [-0.1, -0.05) is 50.1 Å². The summed E-state index contributed by atoms with van der Waals surface area (Å²) < 4.78 is 0. The van der Waals surface area contributed by atoms with E-state index in [1.807, 2.05) is 24.1 Å². The lowest BCUT2D eigenvalue weighted by molar-refractivity contribution is -0.137. The summed E-state index contributed by atoms with van der Waals surface area (Å²) in [6, 6.07) is 14.6. The van der Waals surface area contributed by atoms with Crippen molar-refractivity contribution in [2.45, 2.75) is 65.8 Å². The molecule has 0 aromatic heterocycles. The van der Waals surface area contributed by atoms with Crippen LogP contribution in [-0.4, -0.2) is 42.0 Å². The van der Waals surface area contributed by atoms with E-state index in [4.69, 9.17) is 5.11 Å². The summed E-state index contributed by atoms with van der Waals surface area (Å²) in [4.78, 5) is 27.5. The first-order chi connectivity index (χ1) is 15.4. The minimum atomic E-state index is -0.778. The molecule has 2 aromatic carbocycles. The van der Waals surface area contributed by atoms with Gasteiger partial charge in [0.05, 0.1) is 0 Å². The Morgan fingerprint density at radius 1 is 0.906 bits per heavy atom. The van der Waals surface area contributed by atoms with Crippen molar-refractivity contribution in [2.24, 2.45) is 0 Å². The fourth-order valence-corrected chi connectivity index (χ4v) is 3.97. The maximum Gasteiger partial charge on any atom is 0.303 e. The molecule has 1 N–H and O–H groups in total. The quantitative estimate of drug-likeness (QED) is 0.404. The monoisotopic (exact) mass is 438 g/mol. The molecule has 0 unspecified atom stereocenters. The third-order valence-corrected chi connectivity index (χ3v) is 5.87. The first-order valence-corrected chi connectivity index (χ1v) is 11.8. The number of benzene rings is 2. The predicted octanol–water partition coefficient (Wildman–Crippen LogP) is 5.76. The molecule has 0 fully saturated rings. The predicted molar refractivity (Wildman–Crippen MR) is 132 cm³/mol. The number of carbonyl (C=O) groups excluding carboxylic acids is 1. The Morgan fingerprint density at radius 3 is 2.31 bits per heavy atom. The van der Waals surface area contributed by atoms with Gasteiger partial charge in [-0.15, -0.1) is 0 Å². The number of nitrogens with zero attached hydrogens (tertiary/aromatic N) is 2. The molecule has 0 bridgehead atoms. The van der Waals surface area contributed by atoms with Crippen molar-refractivity contribution in [2.75, 3.05) is 25.0 Å². The molecule has 0 heterocycles. The molecular formula is C27H38N2O3. The summed E-state index contributed by atoms with van der Waals surface area (Å²) >= 11 is 0. The normalized spacial score (nSPS) is 10.8.